The molecule has 0 saturated carbocycles. The van der Waals surface area contributed by atoms with Crippen LogP contribution in [0.15, 0.2) is 77.7 Å². The fraction of sp³-hybridized carbons (Fsp3) is 0.167. The standard InChI is InChI=1S/C24H21F3N2O4S/c1-16(30)19-8-12-22(13-9-19)34(32,33)29-15-18-2-6-20(7-3-18)23(31)28-14-17-4-10-21(11-5-17)24(25,26)27/h2-13,29H,14-15H2,1H3,(H,28,31). The maximum Gasteiger partial charge on any atom is 0.416 e. The lowest BCUT2D eigenvalue weighted by atomic mass is 10.1. The molecule has 0 saturated heterocycles. The van der Waals surface area contributed by atoms with Crippen LogP contribution in [0, 0.1) is 0 Å². The summed E-state index contributed by atoms with van der Waals surface area (Å²) in [4.78, 5) is 23.7. The average molecular weight is 491 g/mol. The van der Waals surface area contributed by atoms with Gasteiger partial charge in [-0.25, -0.2) is 13.1 Å². The van der Waals surface area contributed by atoms with E-state index >= 15 is 0 Å². The van der Waals surface area contributed by atoms with Gasteiger partial charge in [-0.05, 0) is 54.4 Å². The number of Topliss-reactive ketones (excluding diaryl/α,β-unsaturated/α-hetero) is 1. The van der Waals surface area contributed by atoms with Crippen LogP contribution in [0.1, 0.15) is 44.3 Å². The third kappa shape index (κ3) is 6.52. The number of hydrogen-bond acceptors (Lipinski definition) is 4. The van der Waals surface area contributed by atoms with Crippen LogP contribution >= 0.6 is 0 Å². The highest BCUT2D eigenvalue weighted by Crippen LogP contribution is 2.29. The Labute approximate surface area is 194 Å². The second kappa shape index (κ2) is 10.2. The van der Waals surface area contributed by atoms with Gasteiger partial charge in [-0.15, -0.1) is 0 Å². The first-order valence-electron chi connectivity index (χ1n) is 10.1. The van der Waals surface area contributed by atoms with E-state index in [0.717, 1.165) is 12.1 Å². The van der Waals surface area contributed by atoms with Crippen molar-refractivity contribution < 1.29 is 31.2 Å². The van der Waals surface area contributed by atoms with Crippen LogP contribution in [0.5, 0.6) is 0 Å². The van der Waals surface area contributed by atoms with Crippen molar-refractivity contribution in [3.63, 3.8) is 0 Å². The third-order valence-electron chi connectivity index (χ3n) is 4.99. The molecule has 0 heterocycles. The molecule has 0 spiro atoms. The molecule has 0 radical (unpaired) electrons. The predicted octanol–water partition coefficient (Wildman–Crippen LogP) is 4.32. The first-order chi connectivity index (χ1) is 16.0. The first kappa shape index (κ1) is 25.1. The van der Waals surface area contributed by atoms with Crippen molar-refractivity contribution in [2.75, 3.05) is 0 Å². The van der Waals surface area contributed by atoms with Crippen molar-refractivity contribution in [1.29, 1.82) is 0 Å². The van der Waals surface area contributed by atoms with Crippen LogP contribution in [-0.2, 0) is 29.3 Å². The maximum atomic E-state index is 12.6. The number of rotatable bonds is 8. The Hall–Kier alpha value is -3.50. The van der Waals surface area contributed by atoms with E-state index in [2.05, 4.69) is 10.0 Å². The summed E-state index contributed by atoms with van der Waals surface area (Å²) in [6, 6.07) is 16.3. The smallest absolute Gasteiger partial charge is 0.348 e. The number of hydrogen-bond donors (Lipinski definition) is 2. The molecule has 10 heteroatoms. The fourth-order valence-corrected chi connectivity index (χ4v) is 4.02. The van der Waals surface area contributed by atoms with Gasteiger partial charge in [0.15, 0.2) is 5.78 Å². The number of nitrogens with one attached hydrogen (secondary N) is 2. The van der Waals surface area contributed by atoms with Crippen molar-refractivity contribution in [2.45, 2.75) is 31.1 Å². The summed E-state index contributed by atoms with van der Waals surface area (Å²) in [5.41, 5.74) is 1.10. The number of ketones is 1. The second-order valence-electron chi connectivity index (χ2n) is 7.48. The molecule has 2 N–H and O–H groups in total. The van der Waals surface area contributed by atoms with Gasteiger partial charge in [0, 0.05) is 24.2 Å². The zero-order valence-electron chi connectivity index (χ0n) is 18.0. The van der Waals surface area contributed by atoms with Crippen LogP contribution in [-0.4, -0.2) is 20.1 Å². The molecule has 0 atom stereocenters. The summed E-state index contributed by atoms with van der Waals surface area (Å²) < 4.78 is 65.2. The molecule has 0 aliphatic carbocycles. The van der Waals surface area contributed by atoms with Crippen LogP contribution in [0.4, 0.5) is 13.2 Å². The van der Waals surface area contributed by atoms with Crippen molar-refractivity contribution >= 4 is 21.7 Å². The molecule has 3 aromatic carbocycles. The van der Waals surface area contributed by atoms with E-state index in [1.807, 2.05) is 0 Å². The van der Waals surface area contributed by atoms with Gasteiger partial charge in [-0.2, -0.15) is 13.2 Å². The van der Waals surface area contributed by atoms with Gasteiger partial charge >= 0.3 is 6.18 Å². The number of benzene rings is 3. The summed E-state index contributed by atoms with van der Waals surface area (Å²) in [6.07, 6.45) is -4.42. The Morgan fingerprint density at radius 1 is 0.765 bits per heavy atom. The van der Waals surface area contributed by atoms with Crippen LogP contribution < -0.4 is 10.0 Å². The normalized spacial score (nSPS) is 11.8. The molecule has 0 fully saturated rings. The van der Waals surface area contributed by atoms with E-state index in [-0.39, 0.29) is 23.8 Å². The minimum atomic E-state index is -4.42. The Morgan fingerprint density at radius 3 is 1.79 bits per heavy atom. The number of sulfonamides is 1. The van der Waals surface area contributed by atoms with Crippen LogP contribution in [0.3, 0.4) is 0 Å². The molecule has 3 rings (SSSR count). The zero-order chi connectivity index (χ0) is 24.9. The fourth-order valence-electron chi connectivity index (χ4n) is 3.00. The highest BCUT2D eigenvalue weighted by atomic mass is 32.2. The Balaban J connectivity index is 1.55. The van der Waals surface area contributed by atoms with Crippen LogP contribution in [0.2, 0.25) is 0 Å². The van der Waals surface area contributed by atoms with Crippen LogP contribution in [0.25, 0.3) is 0 Å². The molecule has 34 heavy (non-hydrogen) atoms. The Kier molecular flexibility index (Phi) is 7.53. The molecular weight excluding hydrogens is 469 g/mol. The monoisotopic (exact) mass is 490 g/mol. The summed E-state index contributed by atoms with van der Waals surface area (Å²) in [6.45, 7) is 1.44. The number of halogens is 3. The number of amides is 1. The van der Waals surface area contributed by atoms with Crippen molar-refractivity contribution in [3.8, 4) is 0 Å². The molecule has 0 aliphatic rings. The maximum absolute atomic E-state index is 12.6. The lowest BCUT2D eigenvalue weighted by Gasteiger charge is -2.10. The number of alkyl halides is 3. The van der Waals surface area contributed by atoms with Gasteiger partial charge < -0.3 is 5.32 Å². The van der Waals surface area contributed by atoms with Gasteiger partial charge in [0.25, 0.3) is 5.91 Å². The van der Waals surface area contributed by atoms with E-state index in [1.165, 1.54) is 55.5 Å². The van der Waals surface area contributed by atoms with Gasteiger partial charge in [0.1, 0.15) is 0 Å². The summed E-state index contributed by atoms with van der Waals surface area (Å²) >= 11 is 0. The molecule has 0 aliphatic heterocycles. The Bertz CT molecular complexity index is 1270. The molecule has 0 bridgehead atoms. The minimum Gasteiger partial charge on any atom is -0.348 e. The average Bonchev–Trinajstić information content (AvgIpc) is 2.81. The SMILES string of the molecule is CC(=O)c1ccc(S(=O)(=O)NCc2ccc(C(=O)NCc3ccc(C(F)(F)F)cc3)cc2)cc1. The van der Waals surface area contributed by atoms with Gasteiger partial charge in [-0.1, -0.05) is 36.4 Å². The zero-order valence-corrected chi connectivity index (χ0v) is 18.8. The number of carbonyl (C=O) groups is 2. The lowest BCUT2D eigenvalue weighted by Crippen LogP contribution is -2.24. The summed E-state index contributed by atoms with van der Waals surface area (Å²) in [5, 5.41) is 2.63. The largest absolute Gasteiger partial charge is 0.416 e. The lowest BCUT2D eigenvalue weighted by molar-refractivity contribution is -0.137. The van der Waals surface area contributed by atoms with E-state index in [1.54, 1.807) is 12.1 Å². The minimum absolute atomic E-state index is 0.00968. The van der Waals surface area contributed by atoms with Crippen molar-refractivity contribution in [1.82, 2.24) is 10.0 Å². The summed E-state index contributed by atoms with van der Waals surface area (Å²) in [5.74, 6) is -0.585. The van der Waals surface area contributed by atoms with Gasteiger partial charge in [0.2, 0.25) is 10.0 Å². The number of carbonyl (C=O) groups excluding carboxylic acids is 2. The quantitative estimate of drug-likeness (QED) is 0.460. The van der Waals surface area contributed by atoms with E-state index in [4.69, 9.17) is 0 Å². The van der Waals surface area contributed by atoms with E-state index in [9.17, 15) is 31.2 Å². The highest BCUT2D eigenvalue weighted by Gasteiger charge is 2.29. The molecule has 0 aromatic heterocycles. The van der Waals surface area contributed by atoms with Crippen molar-refractivity contribution in [3.05, 3.63) is 101 Å². The summed E-state index contributed by atoms with van der Waals surface area (Å²) in [7, 11) is -3.79. The molecular formula is C24H21F3N2O4S. The molecule has 178 valence electrons. The predicted molar refractivity (Wildman–Crippen MR) is 120 cm³/mol. The second-order valence-corrected chi connectivity index (χ2v) is 9.25. The molecule has 6 nitrogen and oxygen atoms in total. The van der Waals surface area contributed by atoms with Gasteiger partial charge in [-0.3, -0.25) is 9.59 Å². The molecule has 0 unspecified atom stereocenters. The molecule has 3 aromatic rings. The topological polar surface area (TPSA) is 92.3 Å². The third-order valence-corrected chi connectivity index (χ3v) is 6.41. The van der Waals surface area contributed by atoms with E-state index in [0.29, 0.717) is 22.3 Å². The highest BCUT2D eigenvalue weighted by molar-refractivity contribution is 7.89. The molecule has 1 amide bonds. The first-order valence-corrected chi connectivity index (χ1v) is 11.6. The Morgan fingerprint density at radius 2 is 1.26 bits per heavy atom. The van der Waals surface area contributed by atoms with E-state index < -0.39 is 27.7 Å². The van der Waals surface area contributed by atoms with Gasteiger partial charge in [0.05, 0.1) is 10.5 Å². The van der Waals surface area contributed by atoms with Crippen molar-refractivity contribution in [2.24, 2.45) is 0 Å².